The second-order valence-electron chi connectivity index (χ2n) is 5.06. The quantitative estimate of drug-likeness (QED) is 0.889. The van der Waals surface area contributed by atoms with Gasteiger partial charge < -0.3 is 19.5 Å². The number of nitrogens with zero attached hydrogens (tertiary/aromatic N) is 1. The molecule has 0 radical (unpaired) electrons. The molecular formula is C15H18N2O3S. The van der Waals surface area contributed by atoms with Gasteiger partial charge in [0.25, 0.3) is 0 Å². The van der Waals surface area contributed by atoms with Crippen LogP contribution in [0.5, 0.6) is 17.2 Å². The Kier molecular flexibility index (Phi) is 4.26. The molecule has 5 nitrogen and oxygen atoms in total. The molecule has 0 bridgehead atoms. The highest BCUT2D eigenvalue weighted by Crippen LogP contribution is 2.38. The molecule has 1 N–H and O–H groups in total. The standard InChI is InChI=1S/C15H18N2O3S/c1-10(2)17-7-11-5-13-14(20-9-19-13)6-12(11)18-8-15-16-3-4-21-15/h3-6,10,17H,7-9H2,1-2H3. The average Bonchev–Trinajstić information content (AvgIpc) is 3.12. The molecule has 3 rings (SSSR count). The Morgan fingerprint density at radius 2 is 2.14 bits per heavy atom. The smallest absolute Gasteiger partial charge is 0.231 e. The van der Waals surface area contributed by atoms with Crippen LogP contribution in [0.1, 0.15) is 24.4 Å². The number of thiazole rings is 1. The van der Waals surface area contributed by atoms with E-state index in [4.69, 9.17) is 14.2 Å². The topological polar surface area (TPSA) is 52.6 Å². The van der Waals surface area contributed by atoms with Gasteiger partial charge in [-0.1, -0.05) is 13.8 Å². The van der Waals surface area contributed by atoms with Gasteiger partial charge in [-0.05, 0) is 6.07 Å². The Balaban J connectivity index is 1.78. The van der Waals surface area contributed by atoms with Crippen LogP contribution in [-0.2, 0) is 13.2 Å². The predicted octanol–water partition coefficient (Wildman–Crippen LogP) is 2.95. The number of nitrogens with one attached hydrogen (secondary N) is 1. The van der Waals surface area contributed by atoms with E-state index >= 15 is 0 Å². The van der Waals surface area contributed by atoms with Crippen molar-refractivity contribution in [2.45, 2.75) is 33.0 Å². The van der Waals surface area contributed by atoms with Gasteiger partial charge in [-0.25, -0.2) is 4.98 Å². The van der Waals surface area contributed by atoms with Crippen molar-refractivity contribution in [1.29, 1.82) is 0 Å². The Morgan fingerprint density at radius 1 is 1.33 bits per heavy atom. The molecule has 0 spiro atoms. The lowest BCUT2D eigenvalue weighted by Crippen LogP contribution is -2.22. The van der Waals surface area contributed by atoms with Crippen LogP contribution in [0, 0.1) is 0 Å². The molecule has 0 saturated heterocycles. The number of ether oxygens (including phenoxy) is 3. The van der Waals surface area contributed by atoms with Crippen LogP contribution in [0.2, 0.25) is 0 Å². The van der Waals surface area contributed by atoms with Gasteiger partial charge in [0.15, 0.2) is 11.5 Å². The minimum Gasteiger partial charge on any atom is -0.486 e. The largest absolute Gasteiger partial charge is 0.486 e. The molecule has 6 heteroatoms. The lowest BCUT2D eigenvalue weighted by Gasteiger charge is -2.14. The highest BCUT2D eigenvalue weighted by molar-refractivity contribution is 7.09. The van der Waals surface area contributed by atoms with Crippen molar-refractivity contribution in [3.63, 3.8) is 0 Å². The molecule has 1 aromatic heterocycles. The van der Waals surface area contributed by atoms with E-state index < -0.39 is 0 Å². The van der Waals surface area contributed by atoms with Crippen LogP contribution in [-0.4, -0.2) is 17.8 Å². The summed E-state index contributed by atoms with van der Waals surface area (Å²) in [7, 11) is 0. The van der Waals surface area contributed by atoms with Crippen LogP contribution >= 0.6 is 11.3 Å². The summed E-state index contributed by atoms with van der Waals surface area (Å²) in [4.78, 5) is 4.23. The second-order valence-corrected chi connectivity index (χ2v) is 6.04. The molecule has 0 unspecified atom stereocenters. The fourth-order valence-corrected chi connectivity index (χ4v) is 2.54. The number of hydrogen-bond donors (Lipinski definition) is 1. The minimum absolute atomic E-state index is 0.266. The Morgan fingerprint density at radius 3 is 2.86 bits per heavy atom. The molecule has 0 aliphatic carbocycles. The summed E-state index contributed by atoms with van der Waals surface area (Å²) in [6.45, 7) is 5.68. The molecule has 2 heterocycles. The molecule has 0 atom stereocenters. The normalized spacial score (nSPS) is 12.9. The van der Waals surface area contributed by atoms with Gasteiger partial charge in [0.1, 0.15) is 17.4 Å². The third-order valence-corrected chi connectivity index (χ3v) is 3.84. The molecule has 1 aliphatic rings. The highest BCUT2D eigenvalue weighted by Gasteiger charge is 2.18. The van der Waals surface area contributed by atoms with Crippen LogP contribution < -0.4 is 19.5 Å². The van der Waals surface area contributed by atoms with Gasteiger partial charge >= 0.3 is 0 Å². The van der Waals surface area contributed by atoms with E-state index in [0.29, 0.717) is 12.6 Å². The number of rotatable bonds is 6. The van der Waals surface area contributed by atoms with Crippen molar-refractivity contribution >= 4 is 11.3 Å². The molecule has 0 amide bonds. The van der Waals surface area contributed by atoms with Gasteiger partial charge in [-0.2, -0.15) is 0 Å². The number of aromatic nitrogens is 1. The molecule has 21 heavy (non-hydrogen) atoms. The van der Waals surface area contributed by atoms with Crippen molar-refractivity contribution in [1.82, 2.24) is 10.3 Å². The highest BCUT2D eigenvalue weighted by atomic mass is 32.1. The first-order valence-electron chi connectivity index (χ1n) is 6.89. The van der Waals surface area contributed by atoms with Crippen molar-refractivity contribution in [3.05, 3.63) is 34.3 Å². The number of hydrogen-bond acceptors (Lipinski definition) is 6. The SMILES string of the molecule is CC(C)NCc1cc2c(cc1OCc1nccs1)OCO2. The molecule has 0 saturated carbocycles. The summed E-state index contributed by atoms with van der Waals surface area (Å²) in [6, 6.07) is 4.28. The first kappa shape index (κ1) is 14.2. The molecule has 1 aromatic carbocycles. The zero-order valence-corrected chi connectivity index (χ0v) is 12.9. The van der Waals surface area contributed by atoms with Crippen LogP contribution in [0.4, 0.5) is 0 Å². The Hall–Kier alpha value is -1.79. The minimum atomic E-state index is 0.266. The second kappa shape index (κ2) is 6.32. The summed E-state index contributed by atoms with van der Waals surface area (Å²) in [6.07, 6.45) is 1.78. The first-order chi connectivity index (χ1) is 10.2. The van der Waals surface area contributed by atoms with Gasteiger partial charge in [0, 0.05) is 35.8 Å². The molecule has 0 fully saturated rings. The third kappa shape index (κ3) is 3.46. The van der Waals surface area contributed by atoms with Crippen molar-refractivity contribution in [2.24, 2.45) is 0 Å². The average molecular weight is 306 g/mol. The fourth-order valence-electron chi connectivity index (χ4n) is 2.02. The van der Waals surface area contributed by atoms with E-state index in [9.17, 15) is 0 Å². The van der Waals surface area contributed by atoms with Gasteiger partial charge in [0.05, 0.1) is 0 Å². The maximum atomic E-state index is 5.91. The maximum Gasteiger partial charge on any atom is 0.231 e. The number of fused-ring (bicyclic) bond motifs is 1. The van der Waals surface area contributed by atoms with Crippen LogP contribution in [0.25, 0.3) is 0 Å². The zero-order valence-electron chi connectivity index (χ0n) is 12.1. The Labute approximate surface area is 127 Å². The van der Waals surface area contributed by atoms with E-state index in [-0.39, 0.29) is 6.79 Å². The summed E-state index contributed by atoms with van der Waals surface area (Å²) in [5.41, 5.74) is 1.06. The van der Waals surface area contributed by atoms with E-state index in [1.807, 2.05) is 17.5 Å². The third-order valence-electron chi connectivity index (χ3n) is 3.09. The van der Waals surface area contributed by atoms with E-state index in [1.54, 1.807) is 17.5 Å². The summed E-state index contributed by atoms with van der Waals surface area (Å²) in [5, 5.41) is 6.30. The summed E-state index contributed by atoms with van der Waals surface area (Å²) >= 11 is 1.58. The maximum absolute atomic E-state index is 5.91. The van der Waals surface area contributed by atoms with Crippen LogP contribution in [0.3, 0.4) is 0 Å². The van der Waals surface area contributed by atoms with Crippen LogP contribution in [0.15, 0.2) is 23.7 Å². The lowest BCUT2D eigenvalue weighted by atomic mass is 10.1. The van der Waals surface area contributed by atoms with Crippen molar-refractivity contribution < 1.29 is 14.2 Å². The lowest BCUT2D eigenvalue weighted by molar-refractivity contribution is 0.173. The monoisotopic (exact) mass is 306 g/mol. The van der Waals surface area contributed by atoms with E-state index in [1.165, 1.54) is 0 Å². The molecule has 2 aromatic rings. The number of benzene rings is 1. The van der Waals surface area contributed by atoms with Crippen molar-refractivity contribution in [2.75, 3.05) is 6.79 Å². The Bertz CT molecular complexity index is 599. The predicted molar refractivity (Wildman–Crippen MR) is 81.0 cm³/mol. The van der Waals surface area contributed by atoms with E-state index in [2.05, 4.69) is 24.1 Å². The van der Waals surface area contributed by atoms with Gasteiger partial charge in [0.2, 0.25) is 6.79 Å². The molecule has 112 valence electrons. The van der Waals surface area contributed by atoms with E-state index in [0.717, 1.165) is 34.4 Å². The zero-order chi connectivity index (χ0) is 14.7. The summed E-state index contributed by atoms with van der Waals surface area (Å²) in [5.74, 6) is 2.32. The van der Waals surface area contributed by atoms with Gasteiger partial charge in [-0.15, -0.1) is 11.3 Å². The molecular weight excluding hydrogens is 288 g/mol. The van der Waals surface area contributed by atoms with Gasteiger partial charge in [-0.3, -0.25) is 0 Å². The summed E-state index contributed by atoms with van der Waals surface area (Å²) < 4.78 is 16.8. The fraction of sp³-hybridized carbons (Fsp3) is 0.400. The molecule has 1 aliphatic heterocycles. The first-order valence-corrected chi connectivity index (χ1v) is 7.77. The van der Waals surface area contributed by atoms with Crippen molar-refractivity contribution in [3.8, 4) is 17.2 Å².